The third-order valence-corrected chi connectivity index (χ3v) is 3.14. The summed E-state index contributed by atoms with van der Waals surface area (Å²) in [5.41, 5.74) is 0. The second-order valence-corrected chi connectivity index (χ2v) is 3.93. The van der Waals surface area contributed by atoms with Crippen molar-refractivity contribution in [3.05, 3.63) is 28.2 Å². The Hall–Kier alpha value is 0.110. The van der Waals surface area contributed by atoms with Gasteiger partial charge in [-0.3, -0.25) is 0 Å². The van der Waals surface area contributed by atoms with Crippen molar-refractivity contribution in [1.29, 1.82) is 0 Å². The van der Waals surface area contributed by atoms with E-state index in [9.17, 15) is 0 Å². The van der Waals surface area contributed by atoms with Crippen LogP contribution in [0.1, 0.15) is 0 Å². The lowest BCUT2D eigenvalue weighted by Crippen LogP contribution is -1.86. The van der Waals surface area contributed by atoms with Crippen molar-refractivity contribution in [2.75, 3.05) is 12.4 Å². The van der Waals surface area contributed by atoms with Gasteiger partial charge in [-0.05, 0) is 6.07 Å². The van der Waals surface area contributed by atoms with Gasteiger partial charge in [0.05, 0.1) is 16.7 Å². The molecule has 0 spiro atoms. The molecule has 0 aliphatic heterocycles. The van der Waals surface area contributed by atoms with E-state index in [1.54, 1.807) is 6.07 Å². The summed E-state index contributed by atoms with van der Waals surface area (Å²) in [6.07, 6.45) is 0. The normalized spacial score (nSPS) is 10.2. The first-order valence-electron chi connectivity index (χ1n) is 3.35. The van der Waals surface area contributed by atoms with Gasteiger partial charge in [0.1, 0.15) is 0 Å². The minimum Gasteiger partial charge on any atom is -0.396 e. The first-order valence-corrected chi connectivity index (χ1v) is 5.09. The van der Waals surface area contributed by atoms with Gasteiger partial charge in [0, 0.05) is 16.7 Å². The molecule has 0 heterocycles. The van der Waals surface area contributed by atoms with Crippen LogP contribution in [0.5, 0.6) is 0 Å². The molecular formula is C8H7Cl2OS. The highest BCUT2D eigenvalue weighted by atomic mass is 35.5. The first kappa shape index (κ1) is 10.2. The van der Waals surface area contributed by atoms with Crippen LogP contribution in [0.4, 0.5) is 0 Å². The zero-order valence-electron chi connectivity index (χ0n) is 6.18. The van der Waals surface area contributed by atoms with E-state index in [4.69, 9.17) is 28.3 Å². The number of thioether (sulfide) groups is 1. The molecule has 0 aromatic heterocycles. The van der Waals surface area contributed by atoms with Gasteiger partial charge in [-0.1, -0.05) is 29.3 Å². The van der Waals surface area contributed by atoms with Crippen molar-refractivity contribution in [3.8, 4) is 0 Å². The lowest BCUT2D eigenvalue weighted by molar-refractivity contribution is 0.322. The summed E-state index contributed by atoms with van der Waals surface area (Å²) in [5, 5.41) is 9.52. The summed E-state index contributed by atoms with van der Waals surface area (Å²) in [5.74, 6) is 0.625. The number of halogens is 2. The molecule has 0 unspecified atom stereocenters. The van der Waals surface area contributed by atoms with Gasteiger partial charge in [-0.15, -0.1) is 11.8 Å². The van der Waals surface area contributed by atoms with E-state index in [1.807, 2.05) is 6.07 Å². The molecule has 12 heavy (non-hydrogen) atoms. The Morgan fingerprint density at radius 3 is 2.92 bits per heavy atom. The minimum absolute atomic E-state index is 0.136. The summed E-state index contributed by atoms with van der Waals surface area (Å²) in [7, 11) is 0. The van der Waals surface area contributed by atoms with Gasteiger partial charge < -0.3 is 5.11 Å². The third-order valence-electron chi connectivity index (χ3n) is 1.20. The highest BCUT2D eigenvalue weighted by Crippen LogP contribution is 2.32. The molecule has 1 aromatic rings. The standard InChI is InChI=1S/C8H7Cl2OS/c9-6-2-1-3-7(8(6)10)12-5-4-11/h1,3,11H,4-5H2. The maximum atomic E-state index is 8.58. The maximum Gasteiger partial charge on any atom is 0.0734 e. The number of benzene rings is 1. The Morgan fingerprint density at radius 1 is 1.50 bits per heavy atom. The topological polar surface area (TPSA) is 20.2 Å². The molecule has 1 aromatic carbocycles. The van der Waals surface area contributed by atoms with Crippen LogP contribution in [0.2, 0.25) is 10.0 Å². The van der Waals surface area contributed by atoms with Crippen molar-refractivity contribution in [3.63, 3.8) is 0 Å². The Bertz CT molecular complexity index is 265. The van der Waals surface area contributed by atoms with Crippen molar-refractivity contribution < 1.29 is 5.11 Å². The number of aliphatic hydroxyl groups excluding tert-OH is 1. The van der Waals surface area contributed by atoms with Crippen molar-refractivity contribution >= 4 is 35.0 Å². The molecule has 1 N–H and O–H groups in total. The Morgan fingerprint density at radius 2 is 2.25 bits per heavy atom. The van der Waals surface area contributed by atoms with E-state index < -0.39 is 0 Å². The van der Waals surface area contributed by atoms with Crippen LogP contribution in [0, 0.1) is 6.07 Å². The van der Waals surface area contributed by atoms with Crippen LogP contribution in [-0.2, 0) is 0 Å². The first-order chi connectivity index (χ1) is 5.75. The predicted octanol–water partition coefficient (Wildman–Crippen LogP) is 2.88. The van der Waals surface area contributed by atoms with Crippen LogP contribution < -0.4 is 0 Å². The SMILES string of the molecule is OCCSc1cc[c]c(Cl)c1Cl. The van der Waals surface area contributed by atoms with Gasteiger partial charge >= 0.3 is 0 Å². The number of hydrogen-bond donors (Lipinski definition) is 1. The average molecular weight is 222 g/mol. The van der Waals surface area contributed by atoms with Crippen LogP contribution in [0.15, 0.2) is 17.0 Å². The fourth-order valence-electron chi connectivity index (χ4n) is 0.702. The monoisotopic (exact) mass is 221 g/mol. The van der Waals surface area contributed by atoms with Gasteiger partial charge in [-0.25, -0.2) is 0 Å². The molecular weight excluding hydrogens is 215 g/mol. The Kier molecular flexibility index (Phi) is 4.22. The molecule has 0 aliphatic carbocycles. The van der Waals surface area contributed by atoms with Crippen LogP contribution >= 0.6 is 35.0 Å². The summed E-state index contributed by atoms with van der Waals surface area (Å²) in [4.78, 5) is 0.884. The number of hydrogen-bond acceptors (Lipinski definition) is 2. The fraction of sp³-hybridized carbons (Fsp3) is 0.250. The molecule has 0 bridgehead atoms. The number of rotatable bonds is 3. The molecule has 0 amide bonds. The highest BCUT2D eigenvalue weighted by molar-refractivity contribution is 7.99. The highest BCUT2D eigenvalue weighted by Gasteiger charge is 2.03. The lowest BCUT2D eigenvalue weighted by atomic mass is 10.4. The number of aliphatic hydroxyl groups is 1. The van der Waals surface area contributed by atoms with Gasteiger partial charge in [0.2, 0.25) is 0 Å². The molecule has 0 fully saturated rings. The molecule has 0 saturated heterocycles. The molecule has 1 radical (unpaired) electrons. The summed E-state index contributed by atoms with van der Waals surface area (Å²) < 4.78 is 0. The quantitative estimate of drug-likeness (QED) is 0.793. The molecule has 0 atom stereocenters. The van der Waals surface area contributed by atoms with Crippen molar-refractivity contribution in [2.24, 2.45) is 0 Å². The van der Waals surface area contributed by atoms with Gasteiger partial charge in [-0.2, -0.15) is 0 Å². The molecule has 4 heteroatoms. The summed E-state index contributed by atoms with van der Waals surface area (Å²) in [6, 6.07) is 6.32. The smallest absolute Gasteiger partial charge is 0.0734 e. The van der Waals surface area contributed by atoms with Crippen LogP contribution in [-0.4, -0.2) is 17.5 Å². The molecule has 0 aliphatic rings. The fourth-order valence-corrected chi connectivity index (χ4v) is 1.91. The zero-order chi connectivity index (χ0) is 8.97. The molecule has 1 rings (SSSR count). The van der Waals surface area contributed by atoms with E-state index in [1.165, 1.54) is 11.8 Å². The van der Waals surface area contributed by atoms with Gasteiger partial charge in [0.15, 0.2) is 0 Å². The zero-order valence-corrected chi connectivity index (χ0v) is 8.51. The lowest BCUT2D eigenvalue weighted by Gasteiger charge is -2.02. The Balaban J connectivity index is 2.78. The molecule has 65 valence electrons. The van der Waals surface area contributed by atoms with Crippen LogP contribution in [0.25, 0.3) is 0 Å². The van der Waals surface area contributed by atoms with E-state index in [2.05, 4.69) is 6.07 Å². The molecule has 1 nitrogen and oxygen atoms in total. The van der Waals surface area contributed by atoms with Gasteiger partial charge in [0.25, 0.3) is 0 Å². The van der Waals surface area contributed by atoms with Crippen LogP contribution in [0.3, 0.4) is 0 Å². The van der Waals surface area contributed by atoms with Crippen molar-refractivity contribution in [1.82, 2.24) is 0 Å². The second-order valence-electron chi connectivity index (χ2n) is 2.04. The van der Waals surface area contributed by atoms with E-state index in [0.29, 0.717) is 15.8 Å². The van der Waals surface area contributed by atoms with E-state index >= 15 is 0 Å². The summed E-state index contributed by atoms with van der Waals surface area (Å²) >= 11 is 13.1. The average Bonchev–Trinajstić information content (AvgIpc) is 2.08. The third kappa shape index (κ3) is 2.56. The van der Waals surface area contributed by atoms with E-state index in [0.717, 1.165) is 4.90 Å². The summed E-state index contributed by atoms with van der Waals surface area (Å²) in [6.45, 7) is 0.136. The van der Waals surface area contributed by atoms with Crippen molar-refractivity contribution in [2.45, 2.75) is 4.90 Å². The predicted molar refractivity (Wildman–Crippen MR) is 53.1 cm³/mol. The minimum atomic E-state index is 0.136. The largest absolute Gasteiger partial charge is 0.396 e. The molecule has 0 saturated carbocycles. The van der Waals surface area contributed by atoms with E-state index in [-0.39, 0.29) is 6.61 Å². The second kappa shape index (κ2) is 4.97. The Labute approximate surface area is 85.7 Å². The maximum absolute atomic E-state index is 8.58.